The lowest BCUT2D eigenvalue weighted by Gasteiger charge is -2.09. The summed E-state index contributed by atoms with van der Waals surface area (Å²) in [6.45, 7) is 9.59. The molecule has 0 spiro atoms. The van der Waals surface area contributed by atoms with Gasteiger partial charge in [-0.25, -0.2) is 29.9 Å². The van der Waals surface area contributed by atoms with Crippen LogP contribution < -0.4 is 22.7 Å². The van der Waals surface area contributed by atoms with Crippen molar-refractivity contribution >= 4 is 51.6 Å². The second-order valence-corrected chi connectivity index (χ2v) is 9.79. The number of nitrogens with zero attached hydrogens (tertiary/aromatic N) is 7. The van der Waals surface area contributed by atoms with Crippen molar-refractivity contribution in [2.24, 2.45) is 17.4 Å². The molecular weight excluding hydrogens is 686 g/mol. The molecule has 1 aliphatic rings. The van der Waals surface area contributed by atoms with E-state index in [4.69, 9.17) is 22.4 Å². The van der Waals surface area contributed by atoms with Crippen molar-refractivity contribution in [1.29, 1.82) is 0 Å². The smallest absolute Gasteiger partial charge is 0.261 e. The largest absolute Gasteiger partial charge is 0.392 e. The molecule has 0 unspecified atom stereocenters. The second-order valence-electron chi connectivity index (χ2n) is 9.43. The van der Waals surface area contributed by atoms with Gasteiger partial charge in [0.2, 0.25) is 0 Å². The number of hydrazine groups is 1. The number of hydrogen-bond acceptors (Lipinski definition) is 13. The van der Waals surface area contributed by atoms with E-state index in [1.807, 2.05) is 58.1 Å². The number of H-pyrrole nitrogens is 2. The number of nitrogens with one attached hydrogen (secondary N) is 3. The number of halogens is 1. The van der Waals surface area contributed by atoms with Gasteiger partial charge in [-0.2, -0.15) is 0 Å². The average molecular weight is 736 g/mol. The number of aromatic amines is 2. The fourth-order valence-electron chi connectivity index (χ4n) is 3.77. The molecule has 0 aliphatic carbocycles. The van der Waals surface area contributed by atoms with E-state index in [-0.39, 0.29) is 25.8 Å². The number of benzene rings is 1. The molecule has 6 rings (SSSR count). The third-order valence-corrected chi connectivity index (χ3v) is 6.42. The Labute approximate surface area is 309 Å². The van der Waals surface area contributed by atoms with Crippen LogP contribution in [0.1, 0.15) is 55.8 Å². The maximum atomic E-state index is 11.8. The summed E-state index contributed by atoms with van der Waals surface area (Å²) in [7, 11) is 0. The lowest BCUT2D eigenvalue weighted by Crippen LogP contribution is -2.29. The number of rotatable bonds is 7. The molecule has 2 amide bonds. The van der Waals surface area contributed by atoms with Gasteiger partial charge in [0.05, 0.1) is 30.4 Å². The molecule has 5 heterocycles. The van der Waals surface area contributed by atoms with Gasteiger partial charge in [-0.3, -0.25) is 26.2 Å². The SMILES string of the molecule is C.C/C=C/CN.C/C=C/CN1C(=O)c2ccccc2C1=O.C/C=C/CNc1ncnc2nc[nH]c12.C/C=C/CO.Clc1ncnc2nc[nH]c12.NN. The summed E-state index contributed by atoms with van der Waals surface area (Å²) in [5, 5.41) is 11.6. The number of imidazole rings is 2. The van der Waals surface area contributed by atoms with Crippen LogP contribution in [0.5, 0.6) is 0 Å². The number of aromatic nitrogens is 8. The fraction of sp³-hybridized carbons (Fsp3) is 0.257. The molecule has 0 radical (unpaired) electrons. The predicted octanol–water partition coefficient (Wildman–Crippen LogP) is 4.74. The van der Waals surface area contributed by atoms with Gasteiger partial charge in [0.15, 0.2) is 22.3 Å². The standard InChI is InChI=1S/C12H11NO2.C9H11N5.C5H3ClN4.C4H9N.C4H8O.CH4.H4N2/c1-2-3-8-13-11(14)9-6-4-5-7-10(9)12(13)15;1-2-3-4-10-8-7-9(12-5-11-7)14-6-13-8;6-4-3-5(9-1-7-3)10-2-8-4;2*1-2-3-4-5;;1-2/h2-7H,8H2,1H3;2-3,5-6H,4H2,1H3,(H2,10,11,12,13,14);1-2H,(H,7,8,9,10);2-3H,4-5H2,1H3;2-3,5H,4H2,1H3;1H4;1-2H2/b2*3-2+;;2*3-2+;;. The number of imide groups is 1. The average Bonchev–Trinajstić information content (AvgIpc) is 3.90. The van der Waals surface area contributed by atoms with Crippen molar-refractivity contribution < 1.29 is 14.7 Å². The number of carbonyl (C=O) groups is 2. The van der Waals surface area contributed by atoms with Gasteiger partial charge in [0.1, 0.15) is 23.7 Å². The Bertz CT molecular complexity index is 1810. The van der Waals surface area contributed by atoms with Crippen molar-refractivity contribution in [3.05, 3.63) is 114 Å². The van der Waals surface area contributed by atoms with Crippen molar-refractivity contribution in [2.75, 3.05) is 31.6 Å². The van der Waals surface area contributed by atoms with E-state index in [0.717, 1.165) is 17.9 Å². The van der Waals surface area contributed by atoms with E-state index in [1.165, 1.54) is 23.9 Å². The zero-order valence-corrected chi connectivity index (χ0v) is 29.8. The van der Waals surface area contributed by atoms with Crippen molar-refractivity contribution in [1.82, 2.24) is 44.8 Å². The first kappa shape index (κ1) is 46.4. The topological polar surface area (TPSA) is 257 Å². The molecule has 52 heavy (non-hydrogen) atoms. The monoisotopic (exact) mass is 735 g/mol. The van der Waals surface area contributed by atoms with Gasteiger partial charge in [0.25, 0.3) is 11.8 Å². The van der Waals surface area contributed by atoms with Crippen LogP contribution >= 0.6 is 11.6 Å². The summed E-state index contributed by atoms with van der Waals surface area (Å²) in [6, 6.07) is 6.91. The first-order valence-electron chi connectivity index (χ1n) is 15.6. The summed E-state index contributed by atoms with van der Waals surface area (Å²) in [5.41, 5.74) is 8.87. The van der Waals surface area contributed by atoms with Gasteiger partial charge in [-0.1, -0.05) is 79.8 Å². The molecule has 0 bridgehead atoms. The van der Waals surface area contributed by atoms with Gasteiger partial charge >= 0.3 is 0 Å². The number of fused-ring (bicyclic) bond motifs is 3. The first-order chi connectivity index (χ1) is 24.9. The third kappa shape index (κ3) is 15.1. The number of aliphatic hydroxyl groups is 1. The number of anilines is 1. The predicted molar refractivity (Wildman–Crippen MR) is 209 cm³/mol. The zero-order chi connectivity index (χ0) is 37.9. The molecule has 4 aromatic heterocycles. The molecule has 5 aromatic rings. The molecule has 10 N–H and O–H groups in total. The quantitative estimate of drug-likeness (QED) is 0.0392. The summed E-state index contributed by atoms with van der Waals surface area (Å²) in [5.74, 6) is 8.38. The summed E-state index contributed by atoms with van der Waals surface area (Å²) < 4.78 is 0. The van der Waals surface area contributed by atoms with Crippen LogP contribution in [0.25, 0.3) is 22.3 Å². The molecule has 1 aromatic carbocycles. The Morgan fingerprint density at radius 2 is 1.29 bits per heavy atom. The first-order valence-corrected chi connectivity index (χ1v) is 16.0. The minimum Gasteiger partial charge on any atom is -0.392 e. The molecule has 0 saturated carbocycles. The molecule has 0 atom stereocenters. The van der Waals surface area contributed by atoms with E-state index >= 15 is 0 Å². The van der Waals surface area contributed by atoms with Crippen LogP contribution in [0.2, 0.25) is 5.15 Å². The minimum atomic E-state index is -0.200. The van der Waals surface area contributed by atoms with E-state index < -0.39 is 0 Å². The van der Waals surface area contributed by atoms with Crippen LogP contribution in [0.4, 0.5) is 5.82 Å². The highest BCUT2D eigenvalue weighted by atomic mass is 35.5. The Balaban J connectivity index is 0.000000652. The molecule has 280 valence electrons. The number of nitrogens with two attached hydrogens (primary N) is 3. The minimum absolute atomic E-state index is 0. The van der Waals surface area contributed by atoms with Crippen LogP contribution in [0, 0.1) is 0 Å². The molecule has 1 aliphatic heterocycles. The van der Waals surface area contributed by atoms with E-state index in [0.29, 0.717) is 46.2 Å². The van der Waals surface area contributed by atoms with Gasteiger partial charge < -0.3 is 26.1 Å². The Morgan fingerprint density at radius 1 is 0.769 bits per heavy atom. The van der Waals surface area contributed by atoms with Gasteiger partial charge in [0, 0.05) is 19.6 Å². The maximum absolute atomic E-state index is 11.8. The summed E-state index contributed by atoms with van der Waals surface area (Å²) in [4.78, 5) is 54.3. The fourth-order valence-corrected chi connectivity index (χ4v) is 3.95. The van der Waals surface area contributed by atoms with E-state index in [1.54, 1.807) is 48.8 Å². The molecule has 0 fully saturated rings. The van der Waals surface area contributed by atoms with Crippen molar-refractivity contribution in [3.8, 4) is 0 Å². The highest BCUT2D eigenvalue weighted by Gasteiger charge is 2.33. The number of hydrogen-bond donors (Lipinski definition) is 7. The maximum Gasteiger partial charge on any atom is 0.261 e. The second kappa shape index (κ2) is 28.1. The Hall–Kier alpha value is -5.65. The normalized spacial score (nSPS) is 11.4. The highest BCUT2D eigenvalue weighted by Crippen LogP contribution is 2.22. The zero-order valence-electron chi connectivity index (χ0n) is 29.1. The lowest BCUT2D eigenvalue weighted by molar-refractivity contribution is 0.0672. The number of carbonyl (C=O) groups excluding carboxylic acids is 2. The Kier molecular flexibility index (Phi) is 25.0. The highest BCUT2D eigenvalue weighted by molar-refractivity contribution is 6.33. The van der Waals surface area contributed by atoms with Crippen molar-refractivity contribution in [3.63, 3.8) is 0 Å². The number of aliphatic hydroxyl groups excluding tert-OH is 1. The molecule has 17 heteroatoms. The van der Waals surface area contributed by atoms with Crippen LogP contribution in [-0.2, 0) is 0 Å². The number of allylic oxidation sites excluding steroid dienone is 4. The lowest BCUT2D eigenvalue weighted by atomic mass is 10.1. The van der Waals surface area contributed by atoms with Crippen LogP contribution in [0.15, 0.2) is 98.2 Å². The summed E-state index contributed by atoms with van der Waals surface area (Å²) in [6.07, 6.45) is 21.0. The molecule has 16 nitrogen and oxygen atoms in total. The number of amides is 2. The van der Waals surface area contributed by atoms with Crippen molar-refractivity contribution in [2.45, 2.75) is 35.1 Å². The summed E-state index contributed by atoms with van der Waals surface area (Å²) >= 11 is 5.68. The van der Waals surface area contributed by atoms with Crippen LogP contribution in [-0.4, -0.2) is 87.9 Å². The Morgan fingerprint density at radius 3 is 1.75 bits per heavy atom. The van der Waals surface area contributed by atoms with Gasteiger partial charge in [-0.15, -0.1) is 0 Å². The third-order valence-electron chi connectivity index (χ3n) is 6.14. The van der Waals surface area contributed by atoms with E-state index in [9.17, 15) is 9.59 Å². The van der Waals surface area contributed by atoms with E-state index in [2.05, 4.69) is 56.9 Å². The molecule has 0 saturated heterocycles. The van der Waals surface area contributed by atoms with Crippen LogP contribution in [0.3, 0.4) is 0 Å². The van der Waals surface area contributed by atoms with Gasteiger partial charge in [-0.05, 0) is 39.8 Å². The molecular formula is C35H50ClN13O3.